The molecule has 1 unspecified atom stereocenters. The maximum absolute atomic E-state index is 5.66. The van der Waals surface area contributed by atoms with Crippen molar-refractivity contribution in [2.75, 3.05) is 6.61 Å². The van der Waals surface area contributed by atoms with Crippen LogP contribution in [0, 0.1) is 0 Å². The third-order valence-corrected chi connectivity index (χ3v) is 2.32. The van der Waals surface area contributed by atoms with Crippen molar-refractivity contribution < 1.29 is 4.74 Å². The largest absolute Gasteiger partial charge is 0.492 e. The minimum atomic E-state index is 0.0901. The molecule has 0 aliphatic carbocycles. The van der Waals surface area contributed by atoms with E-state index in [9.17, 15) is 0 Å². The molecule has 1 atom stereocenters. The molecule has 2 heteroatoms. The molecule has 0 saturated carbocycles. The van der Waals surface area contributed by atoms with E-state index in [-0.39, 0.29) is 6.04 Å². The maximum atomic E-state index is 5.66. The first kappa shape index (κ1) is 9.28. The monoisotopic (exact) mass is 189 g/mol. The molecule has 0 aromatic heterocycles. The van der Waals surface area contributed by atoms with Crippen LogP contribution in [-0.4, -0.2) is 12.6 Å². The van der Waals surface area contributed by atoms with E-state index in [0.717, 1.165) is 24.3 Å². The predicted molar refractivity (Wildman–Crippen MR) is 58.3 cm³/mol. The quantitative estimate of drug-likeness (QED) is 0.772. The van der Waals surface area contributed by atoms with Gasteiger partial charge in [-0.15, -0.1) is 0 Å². The van der Waals surface area contributed by atoms with E-state index in [4.69, 9.17) is 10.5 Å². The molecule has 74 valence electrons. The SMILES string of the molecule is CC(N)/C=C/c1cccc2c1OCC2. The van der Waals surface area contributed by atoms with Gasteiger partial charge in [-0.2, -0.15) is 0 Å². The smallest absolute Gasteiger partial charge is 0.129 e. The molecule has 0 bridgehead atoms. The minimum absolute atomic E-state index is 0.0901. The third kappa shape index (κ3) is 1.80. The van der Waals surface area contributed by atoms with Crippen LogP contribution in [0.15, 0.2) is 24.3 Å². The van der Waals surface area contributed by atoms with Crippen LogP contribution in [0.4, 0.5) is 0 Å². The lowest BCUT2D eigenvalue weighted by Crippen LogP contribution is -2.09. The van der Waals surface area contributed by atoms with Gasteiger partial charge in [0, 0.05) is 18.0 Å². The van der Waals surface area contributed by atoms with Gasteiger partial charge in [-0.3, -0.25) is 0 Å². The molecule has 0 amide bonds. The van der Waals surface area contributed by atoms with Gasteiger partial charge in [-0.1, -0.05) is 30.4 Å². The summed E-state index contributed by atoms with van der Waals surface area (Å²) in [4.78, 5) is 0. The fourth-order valence-electron chi connectivity index (χ4n) is 1.63. The number of rotatable bonds is 2. The molecule has 1 aromatic carbocycles. The van der Waals surface area contributed by atoms with Crippen LogP contribution in [0.1, 0.15) is 18.1 Å². The first-order valence-corrected chi connectivity index (χ1v) is 4.96. The van der Waals surface area contributed by atoms with Crippen LogP contribution in [0.5, 0.6) is 5.75 Å². The fraction of sp³-hybridized carbons (Fsp3) is 0.333. The lowest BCUT2D eigenvalue weighted by molar-refractivity contribution is 0.356. The van der Waals surface area contributed by atoms with Crippen molar-refractivity contribution in [3.8, 4) is 5.75 Å². The van der Waals surface area contributed by atoms with E-state index >= 15 is 0 Å². The zero-order valence-electron chi connectivity index (χ0n) is 8.36. The summed E-state index contributed by atoms with van der Waals surface area (Å²) in [7, 11) is 0. The summed E-state index contributed by atoms with van der Waals surface area (Å²) in [6.45, 7) is 2.76. The normalized spacial score (nSPS) is 16.7. The summed E-state index contributed by atoms with van der Waals surface area (Å²) < 4.78 is 5.57. The van der Waals surface area contributed by atoms with E-state index < -0.39 is 0 Å². The molecule has 0 spiro atoms. The van der Waals surface area contributed by atoms with E-state index in [1.165, 1.54) is 5.56 Å². The van der Waals surface area contributed by atoms with Gasteiger partial charge in [0.2, 0.25) is 0 Å². The summed E-state index contributed by atoms with van der Waals surface area (Å²) in [6.07, 6.45) is 5.04. The van der Waals surface area contributed by atoms with Gasteiger partial charge in [-0.05, 0) is 12.5 Å². The summed E-state index contributed by atoms with van der Waals surface area (Å²) in [6, 6.07) is 6.33. The Kier molecular flexibility index (Phi) is 2.55. The number of nitrogens with two attached hydrogens (primary N) is 1. The average Bonchev–Trinajstić information content (AvgIpc) is 2.62. The van der Waals surface area contributed by atoms with Crippen molar-refractivity contribution in [3.63, 3.8) is 0 Å². The lowest BCUT2D eigenvalue weighted by atomic mass is 10.1. The first-order chi connectivity index (χ1) is 6.77. The van der Waals surface area contributed by atoms with E-state index in [1.807, 2.05) is 19.1 Å². The molecular weight excluding hydrogens is 174 g/mol. The third-order valence-electron chi connectivity index (χ3n) is 2.32. The van der Waals surface area contributed by atoms with Crippen molar-refractivity contribution in [2.45, 2.75) is 19.4 Å². The molecule has 1 aliphatic rings. The number of hydrogen-bond acceptors (Lipinski definition) is 2. The Morgan fingerprint density at radius 3 is 3.14 bits per heavy atom. The van der Waals surface area contributed by atoms with Crippen molar-refractivity contribution in [2.24, 2.45) is 5.73 Å². The summed E-state index contributed by atoms with van der Waals surface area (Å²) in [5.41, 5.74) is 8.10. The standard InChI is InChI=1S/C12H15NO/c1-9(13)5-6-10-3-2-4-11-7-8-14-12(10)11/h2-6,9H,7-8,13H2,1H3/b6-5+. The number of benzene rings is 1. The minimum Gasteiger partial charge on any atom is -0.492 e. The van der Waals surface area contributed by atoms with Gasteiger partial charge in [0.1, 0.15) is 5.75 Å². The highest BCUT2D eigenvalue weighted by Gasteiger charge is 2.13. The molecular formula is C12H15NO. The highest BCUT2D eigenvalue weighted by molar-refractivity contribution is 5.61. The van der Waals surface area contributed by atoms with Crippen LogP contribution >= 0.6 is 0 Å². The summed E-state index contributed by atoms with van der Waals surface area (Å²) in [5.74, 6) is 1.03. The van der Waals surface area contributed by atoms with Crippen LogP contribution < -0.4 is 10.5 Å². The van der Waals surface area contributed by atoms with Gasteiger partial charge >= 0.3 is 0 Å². The number of fused-ring (bicyclic) bond motifs is 1. The van der Waals surface area contributed by atoms with Crippen molar-refractivity contribution >= 4 is 6.08 Å². The van der Waals surface area contributed by atoms with Gasteiger partial charge in [0.25, 0.3) is 0 Å². The van der Waals surface area contributed by atoms with Gasteiger partial charge < -0.3 is 10.5 Å². The molecule has 2 N–H and O–H groups in total. The van der Waals surface area contributed by atoms with E-state index in [0.29, 0.717) is 0 Å². The average molecular weight is 189 g/mol. The van der Waals surface area contributed by atoms with Crippen molar-refractivity contribution in [3.05, 3.63) is 35.4 Å². The van der Waals surface area contributed by atoms with Gasteiger partial charge in [-0.25, -0.2) is 0 Å². The molecule has 14 heavy (non-hydrogen) atoms. The van der Waals surface area contributed by atoms with Crippen LogP contribution in [0.25, 0.3) is 6.08 Å². The van der Waals surface area contributed by atoms with E-state index in [2.05, 4.69) is 18.2 Å². The maximum Gasteiger partial charge on any atom is 0.129 e. The Balaban J connectivity index is 2.30. The van der Waals surface area contributed by atoms with Crippen LogP contribution in [0.2, 0.25) is 0 Å². The van der Waals surface area contributed by atoms with Gasteiger partial charge in [0.05, 0.1) is 6.61 Å². The fourth-order valence-corrected chi connectivity index (χ4v) is 1.63. The lowest BCUT2D eigenvalue weighted by Gasteiger charge is -2.03. The molecule has 2 rings (SSSR count). The van der Waals surface area contributed by atoms with E-state index in [1.54, 1.807) is 0 Å². The van der Waals surface area contributed by atoms with Crippen molar-refractivity contribution in [1.29, 1.82) is 0 Å². The Labute approximate surface area is 84.4 Å². The zero-order chi connectivity index (χ0) is 9.97. The molecule has 0 fully saturated rings. The van der Waals surface area contributed by atoms with Gasteiger partial charge in [0.15, 0.2) is 0 Å². The van der Waals surface area contributed by atoms with Crippen LogP contribution in [-0.2, 0) is 6.42 Å². The molecule has 2 nitrogen and oxygen atoms in total. The highest BCUT2D eigenvalue weighted by atomic mass is 16.5. The predicted octanol–water partition coefficient (Wildman–Crippen LogP) is 1.98. The summed E-state index contributed by atoms with van der Waals surface area (Å²) in [5, 5.41) is 0. The Hall–Kier alpha value is -1.28. The first-order valence-electron chi connectivity index (χ1n) is 4.96. The number of ether oxygens (including phenoxy) is 1. The van der Waals surface area contributed by atoms with Crippen LogP contribution in [0.3, 0.4) is 0 Å². The Bertz CT molecular complexity index is 355. The Morgan fingerprint density at radius 1 is 1.50 bits per heavy atom. The topological polar surface area (TPSA) is 35.2 Å². The second-order valence-electron chi connectivity index (χ2n) is 3.65. The molecule has 0 radical (unpaired) electrons. The second-order valence-corrected chi connectivity index (χ2v) is 3.65. The Morgan fingerprint density at radius 2 is 2.36 bits per heavy atom. The molecule has 1 heterocycles. The van der Waals surface area contributed by atoms with Crippen molar-refractivity contribution in [1.82, 2.24) is 0 Å². The molecule has 0 saturated heterocycles. The summed E-state index contributed by atoms with van der Waals surface area (Å²) >= 11 is 0. The number of hydrogen-bond donors (Lipinski definition) is 1. The second kappa shape index (κ2) is 3.84. The highest BCUT2D eigenvalue weighted by Crippen LogP contribution is 2.30. The molecule has 1 aliphatic heterocycles. The molecule has 1 aromatic rings. The zero-order valence-corrected chi connectivity index (χ0v) is 8.36. The number of para-hydroxylation sites is 1.